The van der Waals surface area contributed by atoms with Crippen LogP contribution in [-0.2, 0) is 19.0 Å². The van der Waals surface area contributed by atoms with Crippen LogP contribution in [0.5, 0.6) is 0 Å². The molecule has 0 aromatic carbocycles. The molecule has 2 N–H and O–H groups in total. The van der Waals surface area contributed by atoms with Crippen molar-refractivity contribution in [2.24, 2.45) is 0 Å². The van der Waals surface area contributed by atoms with Crippen LogP contribution in [0, 0.1) is 0 Å². The SMILES string of the molecule is C=CCOC(=O)CC(=O)OB(O)O.[H-].[Li+]. The van der Waals surface area contributed by atoms with E-state index in [1.165, 1.54) is 6.08 Å². The quantitative estimate of drug-likeness (QED) is 0.200. The molecule has 0 amide bonds. The Morgan fingerprint density at radius 1 is 1.43 bits per heavy atom. The summed E-state index contributed by atoms with van der Waals surface area (Å²) < 4.78 is 8.27. The molecule has 0 bridgehead atoms. The average molecular weight is 196 g/mol. The van der Waals surface area contributed by atoms with Gasteiger partial charge >= 0.3 is 38.1 Å². The van der Waals surface area contributed by atoms with Gasteiger partial charge in [-0.15, -0.1) is 0 Å². The van der Waals surface area contributed by atoms with E-state index >= 15 is 0 Å². The Kier molecular flexibility index (Phi) is 9.93. The van der Waals surface area contributed by atoms with Crippen LogP contribution in [0.2, 0.25) is 0 Å². The average Bonchev–Trinajstić information content (AvgIpc) is 1.98. The number of carbonyl (C=O) groups is 2. The second kappa shape index (κ2) is 8.84. The maximum atomic E-state index is 10.7. The number of carbonyl (C=O) groups excluding carboxylic acids is 2. The van der Waals surface area contributed by atoms with Crippen molar-refractivity contribution in [1.29, 1.82) is 0 Å². The number of hydrogen-bond donors (Lipinski definition) is 2. The van der Waals surface area contributed by atoms with Gasteiger partial charge in [0, 0.05) is 0 Å². The number of rotatable bonds is 5. The predicted octanol–water partition coefficient (Wildman–Crippen LogP) is -4.27. The van der Waals surface area contributed by atoms with Crippen molar-refractivity contribution in [2.75, 3.05) is 6.61 Å². The number of ether oxygens (including phenoxy) is 1. The van der Waals surface area contributed by atoms with Crippen LogP contribution >= 0.6 is 0 Å². The molecule has 0 saturated carbocycles. The van der Waals surface area contributed by atoms with Gasteiger partial charge in [0.1, 0.15) is 13.0 Å². The molecule has 6 nitrogen and oxygen atoms in total. The van der Waals surface area contributed by atoms with Crippen LogP contribution in [0.25, 0.3) is 0 Å². The molecule has 0 aliphatic heterocycles. The van der Waals surface area contributed by atoms with E-state index in [0.717, 1.165) is 0 Å². The van der Waals surface area contributed by atoms with Crippen LogP contribution in [0.1, 0.15) is 7.85 Å². The van der Waals surface area contributed by atoms with Crippen molar-refractivity contribution in [3.05, 3.63) is 12.7 Å². The smallest absolute Gasteiger partial charge is 1.00 e. The maximum Gasteiger partial charge on any atom is 1.00 e. The van der Waals surface area contributed by atoms with E-state index in [4.69, 9.17) is 10.0 Å². The van der Waals surface area contributed by atoms with Gasteiger partial charge in [-0.3, -0.25) is 9.59 Å². The molecule has 0 rings (SSSR count). The standard InChI is InChI=1S/C6H9BO6.Li.H/c1-2-3-12-5(8)4-6(9)13-7(10)11;;/h2,10-11H,1,3-4H2;;/q;+1;-1. The minimum absolute atomic E-state index is 0. The Morgan fingerprint density at radius 3 is 2.43 bits per heavy atom. The summed E-state index contributed by atoms with van der Waals surface area (Å²) in [4.78, 5) is 21.2. The number of esters is 1. The van der Waals surface area contributed by atoms with Gasteiger partial charge < -0.3 is 20.9 Å². The third-order valence-corrected chi connectivity index (χ3v) is 0.888. The molecule has 0 spiro atoms. The van der Waals surface area contributed by atoms with Crippen LogP contribution in [0.4, 0.5) is 0 Å². The van der Waals surface area contributed by atoms with Crippen molar-refractivity contribution in [3.8, 4) is 0 Å². The van der Waals surface area contributed by atoms with Crippen LogP contribution in [-0.4, -0.2) is 35.9 Å². The van der Waals surface area contributed by atoms with Gasteiger partial charge in [-0.25, -0.2) is 0 Å². The molecule has 14 heavy (non-hydrogen) atoms. The zero-order chi connectivity index (χ0) is 10.3. The summed E-state index contributed by atoms with van der Waals surface area (Å²) in [5.41, 5.74) is 0. The maximum absolute atomic E-state index is 10.7. The summed E-state index contributed by atoms with van der Waals surface area (Å²) in [5, 5.41) is 16.3. The van der Waals surface area contributed by atoms with Crippen molar-refractivity contribution < 1.29 is 49.3 Å². The normalized spacial score (nSPS) is 8.14. The largest absolute Gasteiger partial charge is 1.00 e. The second-order valence-corrected chi connectivity index (χ2v) is 1.96. The van der Waals surface area contributed by atoms with E-state index in [1.54, 1.807) is 0 Å². The van der Waals surface area contributed by atoms with Crippen molar-refractivity contribution in [1.82, 2.24) is 0 Å². The first kappa shape index (κ1) is 15.7. The van der Waals surface area contributed by atoms with Crippen molar-refractivity contribution in [2.45, 2.75) is 6.42 Å². The Morgan fingerprint density at radius 2 is 2.00 bits per heavy atom. The van der Waals surface area contributed by atoms with Gasteiger partial charge in [-0.1, -0.05) is 12.7 Å². The molecule has 0 unspecified atom stereocenters. The zero-order valence-corrected chi connectivity index (χ0v) is 7.80. The van der Waals surface area contributed by atoms with Gasteiger partial charge in [-0.05, 0) is 0 Å². The molecule has 0 heterocycles. The Bertz CT molecular complexity index is 212. The Balaban J connectivity index is -0.000000720. The van der Waals surface area contributed by atoms with E-state index in [2.05, 4.69) is 16.0 Å². The Labute approximate surface area is 94.7 Å². The Hall–Kier alpha value is -0.738. The fourth-order valence-electron chi connectivity index (χ4n) is 0.480. The zero-order valence-electron chi connectivity index (χ0n) is 8.80. The van der Waals surface area contributed by atoms with E-state index in [9.17, 15) is 9.59 Å². The molecule has 0 aromatic heterocycles. The third kappa shape index (κ3) is 9.35. The first-order valence-electron chi connectivity index (χ1n) is 3.38. The van der Waals surface area contributed by atoms with Gasteiger partial charge in [0.15, 0.2) is 0 Å². The van der Waals surface area contributed by atoms with Crippen molar-refractivity contribution in [3.63, 3.8) is 0 Å². The summed E-state index contributed by atoms with van der Waals surface area (Å²) in [5.74, 6) is -1.88. The third-order valence-electron chi connectivity index (χ3n) is 0.888. The first-order chi connectivity index (χ1) is 6.06. The molecular formula is C6H10BLiO6. The van der Waals surface area contributed by atoms with Crippen LogP contribution in [0.3, 0.4) is 0 Å². The number of hydrogen-bond acceptors (Lipinski definition) is 6. The van der Waals surface area contributed by atoms with Gasteiger partial charge in [0.05, 0.1) is 0 Å². The van der Waals surface area contributed by atoms with E-state index in [0.29, 0.717) is 0 Å². The minimum atomic E-state index is -2.21. The van der Waals surface area contributed by atoms with Gasteiger partial charge in [-0.2, -0.15) is 0 Å². The van der Waals surface area contributed by atoms with Gasteiger partial charge in [0.25, 0.3) is 0 Å². The molecule has 0 aliphatic carbocycles. The van der Waals surface area contributed by atoms with E-state index < -0.39 is 25.7 Å². The summed E-state index contributed by atoms with van der Waals surface area (Å²) in [6.07, 6.45) is 0.676. The first-order valence-corrected chi connectivity index (χ1v) is 3.38. The molecule has 0 atom stereocenters. The molecule has 0 saturated heterocycles. The monoisotopic (exact) mass is 196 g/mol. The molecule has 74 valence electrons. The molecule has 0 fully saturated rings. The van der Waals surface area contributed by atoms with Crippen molar-refractivity contribution >= 4 is 19.3 Å². The van der Waals surface area contributed by atoms with Gasteiger partial charge in [0.2, 0.25) is 0 Å². The summed E-state index contributed by atoms with van der Waals surface area (Å²) >= 11 is 0. The van der Waals surface area contributed by atoms with E-state index in [1.807, 2.05) is 0 Å². The van der Waals surface area contributed by atoms with Crippen LogP contribution < -0.4 is 18.9 Å². The molecule has 8 heteroatoms. The summed E-state index contributed by atoms with van der Waals surface area (Å²) in [6, 6.07) is 0. The molecule has 0 aliphatic rings. The second-order valence-electron chi connectivity index (χ2n) is 1.96. The molecular weight excluding hydrogens is 186 g/mol. The fourth-order valence-corrected chi connectivity index (χ4v) is 0.480. The molecule has 0 aromatic rings. The summed E-state index contributed by atoms with van der Waals surface area (Å²) in [7, 11) is -2.21. The minimum Gasteiger partial charge on any atom is -1.00 e. The predicted molar refractivity (Wildman–Crippen MR) is 43.2 cm³/mol. The van der Waals surface area contributed by atoms with E-state index in [-0.39, 0.29) is 26.9 Å². The van der Waals surface area contributed by atoms with Crippen LogP contribution in [0.15, 0.2) is 12.7 Å². The summed E-state index contributed by atoms with van der Waals surface area (Å²) in [6.45, 7) is 3.28. The fraction of sp³-hybridized carbons (Fsp3) is 0.333. The topological polar surface area (TPSA) is 93.1 Å². The molecule has 0 radical (unpaired) electrons.